The van der Waals surface area contributed by atoms with E-state index >= 15 is 0 Å². The number of H-pyrrole nitrogens is 1. The van der Waals surface area contributed by atoms with Crippen LogP contribution in [0.3, 0.4) is 0 Å². The first kappa shape index (κ1) is 15.7. The fourth-order valence-corrected chi connectivity index (χ4v) is 3.00. The minimum Gasteiger partial charge on any atom is -0.480 e. The zero-order valence-corrected chi connectivity index (χ0v) is 13.5. The molecule has 6 heteroatoms. The molecule has 1 aliphatic heterocycles. The van der Waals surface area contributed by atoms with Crippen molar-refractivity contribution in [2.45, 2.75) is 13.0 Å². The summed E-state index contributed by atoms with van der Waals surface area (Å²) in [5.41, 5.74) is 2.39. The number of carboxylic acid groups (broad SMARTS) is 1. The lowest BCUT2D eigenvalue weighted by molar-refractivity contribution is -0.144. The highest BCUT2D eigenvalue weighted by atomic mass is 16.4. The van der Waals surface area contributed by atoms with Crippen molar-refractivity contribution in [3.8, 4) is 11.4 Å². The number of aryl methyl sites for hydroxylation is 1. The Balaban J connectivity index is 1.91. The number of carbonyl (C=O) groups is 1. The van der Waals surface area contributed by atoms with Crippen LogP contribution in [-0.2, 0) is 4.79 Å². The minimum absolute atomic E-state index is 0.612. The van der Waals surface area contributed by atoms with Crippen LogP contribution in [0.1, 0.15) is 17.4 Å². The Bertz CT molecular complexity index is 675. The van der Waals surface area contributed by atoms with Gasteiger partial charge < -0.3 is 15.0 Å². The Morgan fingerprint density at radius 1 is 1.22 bits per heavy atom. The number of carboxylic acids is 1. The summed E-state index contributed by atoms with van der Waals surface area (Å²) in [5, 5.41) is 9.74. The van der Waals surface area contributed by atoms with Crippen LogP contribution < -0.4 is 0 Å². The summed E-state index contributed by atoms with van der Waals surface area (Å²) in [6, 6.07) is 9.08. The van der Waals surface area contributed by atoms with E-state index in [2.05, 4.69) is 21.9 Å². The summed E-state index contributed by atoms with van der Waals surface area (Å²) in [7, 11) is 2.06. The fourth-order valence-electron chi connectivity index (χ4n) is 3.00. The molecule has 1 atom stereocenters. The number of imidazole rings is 1. The number of nitrogens with zero attached hydrogens (tertiary/aromatic N) is 3. The average Bonchev–Trinajstić information content (AvgIpc) is 2.92. The van der Waals surface area contributed by atoms with Crippen LogP contribution in [0.4, 0.5) is 0 Å². The van der Waals surface area contributed by atoms with Gasteiger partial charge in [-0.3, -0.25) is 9.69 Å². The van der Waals surface area contributed by atoms with Gasteiger partial charge in [-0.1, -0.05) is 30.3 Å². The number of benzene rings is 1. The van der Waals surface area contributed by atoms with E-state index in [0.717, 1.165) is 43.3 Å². The highest BCUT2D eigenvalue weighted by molar-refractivity contribution is 5.76. The van der Waals surface area contributed by atoms with Crippen LogP contribution in [-0.4, -0.2) is 64.1 Å². The topological polar surface area (TPSA) is 72.5 Å². The Kier molecular flexibility index (Phi) is 4.45. The summed E-state index contributed by atoms with van der Waals surface area (Å²) in [6.45, 7) is 5.11. The van der Waals surface area contributed by atoms with Gasteiger partial charge >= 0.3 is 5.97 Å². The molecule has 1 aromatic carbocycles. The normalized spacial score (nSPS) is 18.0. The van der Waals surface area contributed by atoms with Crippen molar-refractivity contribution < 1.29 is 9.90 Å². The molecular formula is C17H22N4O2. The first-order valence-electron chi connectivity index (χ1n) is 7.83. The molecule has 1 fully saturated rings. The Morgan fingerprint density at radius 2 is 1.87 bits per heavy atom. The minimum atomic E-state index is -0.844. The van der Waals surface area contributed by atoms with Gasteiger partial charge in [0.1, 0.15) is 5.82 Å². The zero-order chi connectivity index (χ0) is 16.4. The highest BCUT2D eigenvalue weighted by Gasteiger charge is 2.33. The van der Waals surface area contributed by atoms with E-state index in [0.29, 0.717) is 5.69 Å². The van der Waals surface area contributed by atoms with Crippen LogP contribution in [0.15, 0.2) is 30.3 Å². The maximum Gasteiger partial charge on any atom is 0.327 e. The third kappa shape index (κ3) is 3.28. The zero-order valence-electron chi connectivity index (χ0n) is 13.5. The van der Waals surface area contributed by atoms with E-state index in [1.54, 1.807) is 0 Å². The number of aromatic amines is 1. The monoisotopic (exact) mass is 314 g/mol. The number of piperazine rings is 1. The molecule has 2 N–H and O–H groups in total. The summed E-state index contributed by atoms with van der Waals surface area (Å²) in [5.74, 6) is -0.123. The molecule has 6 nitrogen and oxygen atoms in total. The van der Waals surface area contributed by atoms with E-state index in [1.165, 1.54) is 0 Å². The highest BCUT2D eigenvalue weighted by Crippen LogP contribution is 2.27. The number of aliphatic carboxylic acids is 1. The van der Waals surface area contributed by atoms with Gasteiger partial charge in [-0.15, -0.1) is 0 Å². The van der Waals surface area contributed by atoms with Gasteiger partial charge in [-0.05, 0) is 14.0 Å². The number of aromatic nitrogens is 2. The van der Waals surface area contributed by atoms with Crippen molar-refractivity contribution in [3.63, 3.8) is 0 Å². The predicted molar refractivity (Wildman–Crippen MR) is 88.2 cm³/mol. The molecular weight excluding hydrogens is 292 g/mol. The molecule has 23 heavy (non-hydrogen) atoms. The van der Waals surface area contributed by atoms with E-state index in [1.807, 2.05) is 42.2 Å². The second-order valence-corrected chi connectivity index (χ2v) is 6.04. The van der Waals surface area contributed by atoms with E-state index in [-0.39, 0.29) is 0 Å². The fraction of sp³-hybridized carbons (Fsp3) is 0.412. The Labute approximate surface area is 135 Å². The number of likely N-dealkylation sites (N-methyl/N-ethyl adjacent to an activating group) is 1. The smallest absolute Gasteiger partial charge is 0.327 e. The van der Waals surface area contributed by atoms with Gasteiger partial charge in [0.25, 0.3) is 0 Å². The van der Waals surface area contributed by atoms with Crippen molar-refractivity contribution in [2.75, 3.05) is 33.2 Å². The molecule has 3 rings (SSSR count). The molecule has 1 unspecified atom stereocenters. The Morgan fingerprint density at radius 3 is 2.48 bits per heavy atom. The molecule has 0 radical (unpaired) electrons. The molecule has 1 saturated heterocycles. The molecule has 0 spiro atoms. The van der Waals surface area contributed by atoms with Gasteiger partial charge in [0, 0.05) is 37.4 Å². The largest absolute Gasteiger partial charge is 0.480 e. The van der Waals surface area contributed by atoms with Crippen LogP contribution in [0.5, 0.6) is 0 Å². The maximum absolute atomic E-state index is 11.9. The lowest BCUT2D eigenvalue weighted by Gasteiger charge is -2.35. The molecule has 1 aromatic heterocycles. The van der Waals surface area contributed by atoms with Crippen LogP contribution in [0.2, 0.25) is 0 Å². The molecule has 0 saturated carbocycles. The third-order valence-corrected chi connectivity index (χ3v) is 4.37. The first-order valence-corrected chi connectivity index (χ1v) is 7.83. The van der Waals surface area contributed by atoms with Gasteiger partial charge in [0.05, 0.1) is 5.69 Å². The van der Waals surface area contributed by atoms with Gasteiger partial charge in [0.2, 0.25) is 0 Å². The van der Waals surface area contributed by atoms with E-state index in [4.69, 9.17) is 0 Å². The lowest BCUT2D eigenvalue weighted by Crippen LogP contribution is -2.48. The summed E-state index contributed by atoms with van der Waals surface area (Å²) in [6.07, 6.45) is 0. The summed E-state index contributed by atoms with van der Waals surface area (Å²) < 4.78 is 0. The standard InChI is InChI=1S/C17H22N4O2/c1-12-14(19-16(18-12)13-6-4-3-5-7-13)15(17(22)23)21-10-8-20(2)9-11-21/h3-7,15H,8-11H2,1-2H3,(H,18,19)(H,22,23). The molecule has 0 bridgehead atoms. The third-order valence-electron chi connectivity index (χ3n) is 4.37. The van der Waals surface area contributed by atoms with Gasteiger partial charge in [0.15, 0.2) is 6.04 Å². The maximum atomic E-state index is 11.9. The van der Waals surface area contributed by atoms with E-state index < -0.39 is 12.0 Å². The number of hydrogen-bond acceptors (Lipinski definition) is 4. The number of hydrogen-bond donors (Lipinski definition) is 2. The predicted octanol–water partition coefficient (Wildman–Crippen LogP) is 1.76. The lowest BCUT2D eigenvalue weighted by atomic mass is 10.1. The van der Waals surface area contributed by atoms with Crippen LogP contribution in [0, 0.1) is 6.92 Å². The number of nitrogens with one attached hydrogen (secondary N) is 1. The molecule has 122 valence electrons. The van der Waals surface area contributed by atoms with Gasteiger partial charge in [-0.2, -0.15) is 0 Å². The molecule has 1 aliphatic rings. The summed E-state index contributed by atoms with van der Waals surface area (Å²) in [4.78, 5) is 23.9. The quantitative estimate of drug-likeness (QED) is 0.899. The van der Waals surface area contributed by atoms with Crippen molar-refractivity contribution in [1.82, 2.24) is 19.8 Å². The SMILES string of the molecule is Cc1[nH]c(-c2ccccc2)nc1C(C(=O)O)N1CCN(C)CC1. The van der Waals surface area contributed by atoms with Crippen molar-refractivity contribution in [1.29, 1.82) is 0 Å². The average molecular weight is 314 g/mol. The molecule has 2 aromatic rings. The van der Waals surface area contributed by atoms with Crippen molar-refractivity contribution >= 4 is 5.97 Å². The summed E-state index contributed by atoms with van der Waals surface area (Å²) >= 11 is 0. The second-order valence-electron chi connectivity index (χ2n) is 6.04. The molecule has 0 aliphatic carbocycles. The second kappa shape index (κ2) is 6.52. The van der Waals surface area contributed by atoms with Crippen LogP contribution >= 0.6 is 0 Å². The first-order chi connectivity index (χ1) is 11.1. The van der Waals surface area contributed by atoms with Gasteiger partial charge in [-0.25, -0.2) is 4.98 Å². The number of rotatable bonds is 4. The van der Waals surface area contributed by atoms with Crippen molar-refractivity contribution in [3.05, 3.63) is 41.7 Å². The molecule has 2 heterocycles. The van der Waals surface area contributed by atoms with Crippen molar-refractivity contribution in [2.24, 2.45) is 0 Å². The Hall–Kier alpha value is -2.18. The molecule has 0 amide bonds. The van der Waals surface area contributed by atoms with Crippen LogP contribution in [0.25, 0.3) is 11.4 Å². The van der Waals surface area contributed by atoms with E-state index in [9.17, 15) is 9.90 Å².